The van der Waals surface area contributed by atoms with Crippen LogP contribution in [-0.2, 0) is 6.54 Å². The largest absolute Gasteiger partial charge is 0.497 e. The highest BCUT2D eigenvalue weighted by atomic mass is 16.6. The van der Waals surface area contributed by atoms with Crippen molar-refractivity contribution in [3.05, 3.63) is 63.7 Å². The van der Waals surface area contributed by atoms with Crippen LogP contribution in [0.2, 0.25) is 0 Å². The van der Waals surface area contributed by atoms with E-state index >= 15 is 0 Å². The zero-order chi connectivity index (χ0) is 15.2. The van der Waals surface area contributed by atoms with Crippen molar-refractivity contribution in [2.24, 2.45) is 0 Å². The van der Waals surface area contributed by atoms with Gasteiger partial charge in [-0.3, -0.25) is 10.1 Å². The summed E-state index contributed by atoms with van der Waals surface area (Å²) in [5, 5.41) is 22.8. The fourth-order valence-corrected chi connectivity index (χ4v) is 1.83. The summed E-state index contributed by atoms with van der Waals surface area (Å²) in [5.74, 6) is 0.770. The van der Waals surface area contributed by atoms with Crippen LogP contribution < -0.4 is 10.1 Å². The van der Waals surface area contributed by atoms with Crippen molar-refractivity contribution in [2.75, 3.05) is 12.4 Å². The van der Waals surface area contributed by atoms with Gasteiger partial charge >= 0.3 is 0 Å². The van der Waals surface area contributed by atoms with E-state index in [4.69, 9.17) is 10.00 Å². The van der Waals surface area contributed by atoms with Crippen molar-refractivity contribution in [3.8, 4) is 11.8 Å². The fraction of sp³-hybridized carbons (Fsp3) is 0.133. The van der Waals surface area contributed by atoms with Gasteiger partial charge in [0.25, 0.3) is 5.69 Å². The summed E-state index contributed by atoms with van der Waals surface area (Å²) in [7, 11) is 1.60. The normalized spacial score (nSPS) is 9.71. The van der Waals surface area contributed by atoms with E-state index in [1.54, 1.807) is 13.2 Å². The molecule has 2 aromatic carbocycles. The Morgan fingerprint density at radius 3 is 2.57 bits per heavy atom. The Hall–Kier alpha value is -3.07. The Balaban J connectivity index is 2.12. The monoisotopic (exact) mass is 283 g/mol. The summed E-state index contributed by atoms with van der Waals surface area (Å²) in [6.45, 7) is 0.510. The number of nitro groups is 1. The van der Waals surface area contributed by atoms with E-state index < -0.39 is 4.92 Å². The number of hydrogen-bond acceptors (Lipinski definition) is 5. The van der Waals surface area contributed by atoms with E-state index in [9.17, 15) is 10.1 Å². The maximum absolute atomic E-state index is 10.7. The molecule has 0 atom stereocenters. The van der Waals surface area contributed by atoms with Crippen LogP contribution in [0.3, 0.4) is 0 Å². The van der Waals surface area contributed by atoms with E-state index in [1.807, 2.05) is 30.3 Å². The number of methoxy groups -OCH3 is 1. The minimum absolute atomic E-state index is 0.0958. The Labute approximate surface area is 121 Å². The summed E-state index contributed by atoms with van der Waals surface area (Å²) >= 11 is 0. The summed E-state index contributed by atoms with van der Waals surface area (Å²) < 4.78 is 5.08. The first kappa shape index (κ1) is 14.3. The molecule has 6 heteroatoms. The third-order valence-corrected chi connectivity index (χ3v) is 2.98. The smallest absolute Gasteiger partial charge is 0.270 e. The highest BCUT2D eigenvalue weighted by molar-refractivity contribution is 5.61. The second kappa shape index (κ2) is 6.39. The molecular formula is C15H13N3O3. The zero-order valence-electron chi connectivity index (χ0n) is 11.4. The number of nitrogens with zero attached hydrogens (tertiary/aromatic N) is 2. The molecular weight excluding hydrogens is 270 g/mol. The average molecular weight is 283 g/mol. The highest BCUT2D eigenvalue weighted by Crippen LogP contribution is 2.22. The molecule has 0 bridgehead atoms. The van der Waals surface area contributed by atoms with Crippen LogP contribution in [0.25, 0.3) is 0 Å². The van der Waals surface area contributed by atoms with E-state index in [1.165, 1.54) is 12.1 Å². The van der Waals surface area contributed by atoms with Crippen molar-refractivity contribution in [3.63, 3.8) is 0 Å². The van der Waals surface area contributed by atoms with Gasteiger partial charge in [-0.2, -0.15) is 5.26 Å². The summed E-state index contributed by atoms with van der Waals surface area (Å²) in [6.07, 6.45) is 0. The van der Waals surface area contributed by atoms with Crippen molar-refractivity contribution in [1.82, 2.24) is 0 Å². The molecule has 0 aromatic heterocycles. The Morgan fingerprint density at radius 2 is 2.00 bits per heavy atom. The molecule has 0 aliphatic carbocycles. The van der Waals surface area contributed by atoms with E-state index in [-0.39, 0.29) is 11.3 Å². The number of nitriles is 1. The minimum atomic E-state index is -0.520. The van der Waals surface area contributed by atoms with Gasteiger partial charge in [-0.1, -0.05) is 12.1 Å². The van der Waals surface area contributed by atoms with Crippen molar-refractivity contribution >= 4 is 11.4 Å². The lowest BCUT2D eigenvalue weighted by atomic mass is 10.1. The van der Waals surface area contributed by atoms with Crippen LogP contribution in [-0.4, -0.2) is 12.0 Å². The number of non-ortho nitro benzene ring substituents is 1. The lowest BCUT2D eigenvalue weighted by Crippen LogP contribution is -2.02. The number of anilines is 1. The van der Waals surface area contributed by atoms with Gasteiger partial charge in [-0.05, 0) is 23.8 Å². The first-order valence-corrected chi connectivity index (χ1v) is 6.19. The number of rotatable bonds is 5. The van der Waals surface area contributed by atoms with Gasteiger partial charge in [0.2, 0.25) is 0 Å². The molecule has 0 amide bonds. The van der Waals surface area contributed by atoms with Gasteiger partial charge in [0, 0.05) is 18.7 Å². The molecule has 2 rings (SSSR count). The minimum Gasteiger partial charge on any atom is -0.497 e. The Kier molecular flexibility index (Phi) is 4.36. The summed E-state index contributed by atoms with van der Waals surface area (Å²) in [4.78, 5) is 10.2. The summed E-state index contributed by atoms with van der Waals surface area (Å²) in [6, 6.07) is 13.6. The molecule has 0 saturated heterocycles. The van der Waals surface area contributed by atoms with Gasteiger partial charge < -0.3 is 10.1 Å². The molecule has 2 aromatic rings. The van der Waals surface area contributed by atoms with E-state index in [2.05, 4.69) is 5.32 Å². The standard InChI is InChI=1S/C15H13N3O3/c1-21-14-5-2-11(3-6-14)10-17-15-7-4-13(18(19)20)8-12(15)9-16/h2-8,17H,10H2,1H3. The quantitative estimate of drug-likeness (QED) is 0.673. The van der Waals surface area contributed by atoms with Crippen molar-refractivity contribution in [2.45, 2.75) is 6.54 Å². The summed E-state index contributed by atoms with van der Waals surface area (Å²) in [5.41, 5.74) is 1.73. The van der Waals surface area contributed by atoms with Crippen molar-refractivity contribution < 1.29 is 9.66 Å². The maximum atomic E-state index is 10.7. The van der Waals surface area contributed by atoms with Crippen LogP contribution in [0.1, 0.15) is 11.1 Å². The molecule has 106 valence electrons. The fourth-order valence-electron chi connectivity index (χ4n) is 1.83. The second-order valence-corrected chi connectivity index (χ2v) is 4.30. The van der Waals surface area contributed by atoms with E-state index in [0.717, 1.165) is 11.3 Å². The molecule has 0 spiro atoms. The molecule has 6 nitrogen and oxygen atoms in total. The number of nitro benzene ring substituents is 1. The van der Waals surface area contributed by atoms with Crippen LogP contribution >= 0.6 is 0 Å². The van der Waals surface area contributed by atoms with E-state index in [0.29, 0.717) is 12.2 Å². The number of benzene rings is 2. The van der Waals surface area contributed by atoms with Crippen LogP contribution in [0, 0.1) is 21.4 Å². The maximum Gasteiger partial charge on any atom is 0.270 e. The second-order valence-electron chi connectivity index (χ2n) is 4.30. The molecule has 0 unspecified atom stereocenters. The molecule has 1 N–H and O–H groups in total. The van der Waals surface area contributed by atoms with Gasteiger partial charge in [0.1, 0.15) is 11.8 Å². The lowest BCUT2D eigenvalue weighted by molar-refractivity contribution is -0.384. The molecule has 0 aliphatic rings. The number of nitrogens with one attached hydrogen (secondary N) is 1. The van der Waals surface area contributed by atoms with Gasteiger partial charge in [0.05, 0.1) is 23.3 Å². The third-order valence-electron chi connectivity index (χ3n) is 2.98. The third kappa shape index (κ3) is 3.48. The molecule has 0 radical (unpaired) electrons. The first-order chi connectivity index (χ1) is 10.1. The van der Waals surface area contributed by atoms with Crippen LogP contribution in [0.5, 0.6) is 5.75 Å². The first-order valence-electron chi connectivity index (χ1n) is 6.19. The predicted octanol–water partition coefficient (Wildman–Crippen LogP) is 3.09. The van der Waals surface area contributed by atoms with Crippen molar-refractivity contribution in [1.29, 1.82) is 5.26 Å². The number of ether oxygens (including phenoxy) is 1. The lowest BCUT2D eigenvalue weighted by Gasteiger charge is -2.08. The Morgan fingerprint density at radius 1 is 1.29 bits per heavy atom. The SMILES string of the molecule is COc1ccc(CNc2ccc([N+](=O)[O-])cc2C#N)cc1. The van der Waals surface area contributed by atoms with Crippen LogP contribution in [0.15, 0.2) is 42.5 Å². The van der Waals surface area contributed by atoms with Gasteiger partial charge in [0.15, 0.2) is 0 Å². The molecule has 0 saturated carbocycles. The Bertz CT molecular complexity index is 690. The number of hydrogen-bond donors (Lipinski definition) is 1. The van der Waals surface area contributed by atoms with Gasteiger partial charge in [-0.15, -0.1) is 0 Å². The zero-order valence-corrected chi connectivity index (χ0v) is 11.4. The molecule has 0 aliphatic heterocycles. The molecule has 0 heterocycles. The topological polar surface area (TPSA) is 88.2 Å². The average Bonchev–Trinajstić information content (AvgIpc) is 2.53. The molecule has 0 fully saturated rings. The van der Waals surface area contributed by atoms with Crippen LogP contribution in [0.4, 0.5) is 11.4 Å². The van der Waals surface area contributed by atoms with Gasteiger partial charge in [-0.25, -0.2) is 0 Å². The predicted molar refractivity (Wildman–Crippen MR) is 78.1 cm³/mol. The highest BCUT2D eigenvalue weighted by Gasteiger charge is 2.10. The molecule has 21 heavy (non-hydrogen) atoms.